The second-order valence-corrected chi connectivity index (χ2v) is 8.45. The van der Waals surface area contributed by atoms with E-state index in [9.17, 15) is 9.59 Å². The van der Waals surface area contributed by atoms with Crippen molar-refractivity contribution in [3.8, 4) is 11.5 Å². The van der Waals surface area contributed by atoms with Crippen LogP contribution in [0.25, 0.3) is 0 Å². The highest BCUT2D eigenvalue weighted by Crippen LogP contribution is 2.32. The number of hydrogen-bond acceptors (Lipinski definition) is 7. The fraction of sp³-hybridized carbons (Fsp3) is 0.476. The highest BCUT2D eigenvalue weighted by Gasteiger charge is 2.26. The number of carbonyl (C=O) groups is 2. The van der Waals surface area contributed by atoms with Gasteiger partial charge >= 0.3 is 0 Å². The molecule has 3 heterocycles. The molecule has 30 heavy (non-hydrogen) atoms. The van der Waals surface area contributed by atoms with Crippen molar-refractivity contribution in [2.75, 3.05) is 43.5 Å². The lowest BCUT2D eigenvalue weighted by Gasteiger charge is -2.30. The molecular formula is C21H26N4O4S. The fourth-order valence-electron chi connectivity index (χ4n) is 3.62. The summed E-state index contributed by atoms with van der Waals surface area (Å²) in [5, 5.41) is 8.39. The smallest absolute Gasteiger partial charge is 0.238 e. The Morgan fingerprint density at radius 2 is 1.93 bits per heavy atom. The number of nitrogens with one attached hydrogen (secondary N) is 2. The van der Waals surface area contributed by atoms with Crippen LogP contribution in [0.5, 0.6) is 11.5 Å². The number of fused-ring (bicyclic) bond motifs is 1. The molecule has 2 amide bonds. The Labute approximate surface area is 179 Å². The van der Waals surface area contributed by atoms with Gasteiger partial charge in [-0.25, -0.2) is 4.98 Å². The highest BCUT2D eigenvalue weighted by atomic mass is 32.1. The van der Waals surface area contributed by atoms with Gasteiger partial charge in [0.2, 0.25) is 11.8 Å². The number of hydrogen-bond donors (Lipinski definition) is 2. The number of carbonyl (C=O) groups excluding carboxylic acids is 2. The summed E-state index contributed by atoms with van der Waals surface area (Å²) in [6, 6.07) is 5.45. The van der Waals surface area contributed by atoms with E-state index in [1.165, 1.54) is 11.3 Å². The maximum atomic E-state index is 12.5. The van der Waals surface area contributed by atoms with E-state index < -0.39 is 0 Å². The van der Waals surface area contributed by atoms with Gasteiger partial charge in [0.25, 0.3) is 0 Å². The van der Waals surface area contributed by atoms with Crippen molar-refractivity contribution in [1.29, 1.82) is 0 Å². The van der Waals surface area contributed by atoms with Gasteiger partial charge in [-0.1, -0.05) is 0 Å². The zero-order valence-electron chi connectivity index (χ0n) is 17.0. The Morgan fingerprint density at radius 1 is 1.17 bits per heavy atom. The van der Waals surface area contributed by atoms with Crippen LogP contribution in [0.15, 0.2) is 23.6 Å². The summed E-state index contributed by atoms with van der Waals surface area (Å²) >= 11 is 1.44. The number of aryl methyl sites for hydroxylation is 1. The minimum absolute atomic E-state index is 0.0145. The van der Waals surface area contributed by atoms with Crippen molar-refractivity contribution >= 4 is 34.0 Å². The minimum atomic E-state index is -0.0781. The molecule has 0 aliphatic carbocycles. The number of benzene rings is 1. The minimum Gasteiger partial charge on any atom is -0.490 e. The topological polar surface area (TPSA) is 92.8 Å². The van der Waals surface area contributed by atoms with Crippen molar-refractivity contribution in [3.63, 3.8) is 0 Å². The largest absolute Gasteiger partial charge is 0.490 e. The van der Waals surface area contributed by atoms with E-state index in [1.54, 1.807) is 6.07 Å². The van der Waals surface area contributed by atoms with Gasteiger partial charge in [0.1, 0.15) is 0 Å². The molecule has 0 saturated carbocycles. The number of aromatic nitrogens is 1. The summed E-state index contributed by atoms with van der Waals surface area (Å²) in [5.74, 6) is 1.26. The fourth-order valence-corrected chi connectivity index (χ4v) is 4.31. The van der Waals surface area contributed by atoms with Gasteiger partial charge in [-0.2, -0.15) is 0 Å². The zero-order chi connectivity index (χ0) is 20.9. The summed E-state index contributed by atoms with van der Waals surface area (Å²) in [6.45, 7) is 4.87. The molecule has 0 bridgehead atoms. The maximum Gasteiger partial charge on any atom is 0.238 e. The lowest BCUT2D eigenvalue weighted by molar-refractivity contribution is -0.121. The van der Waals surface area contributed by atoms with E-state index in [2.05, 4.69) is 20.5 Å². The third-order valence-corrected chi connectivity index (χ3v) is 6.08. The standard InChI is InChI=1S/C21H26N4O4S/c1-14-13-30-21(22-14)24-20(27)15-5-7-25(8-6-15)12-19(26)23-16-3-4-17-18(11-16)29-10-2-9-28-17/h3-4,11,13,15H,2,5-10,12H2,1H3,(H,23,26)(H,22,24,27). The first kappa shape index (κ1) is 20.6. The summed E-state index contributed by atoms with van der Waals surface area (Å²) < 4.78 is 11.3. The maximum absolute atomic E-state index is 12.5. The van der Waals surface area contributed by atoms with E-state index >= 15 is 0 Å². The molecule has 1 fully saturated rings. The number of thiazole rings is 1. The van der Waals surface area contributed by atoms with Gasteiger partial charge in [-0.3, -0.25) is 14.5 Å². The van der Waals surface area contributed by atoms with Gasteiger partial charge in [0.05, 0.1) is 25.5 Å². The molecule has 8 nitrogen and oxygen atoms in total. The first-order valence-electron chi connectivity index (χ1n) is 10.2. The Kier molecular flexibility index (Phi) is 6.49. The molecule has 2 aliphatic rings. The van der Waals surface area contributed by atoms with Crippen molar-refractivity contribution < 1.29 is 19.1 Å². The molecule has 160 valence electrons. The monoisotopic (exact) mass is 430 g/mol. The first-order chi connectivity index (χ1) is 14.6. The number of ether oxygens (including phenoxy) is 2. The van der Waals surface area contributed by atoms with Crippen LogP contribution in [0, 0.1) is 12.8 Å². The van der Waals surface area contributed by atoms with Crippen LogP contribution < -0.4 is 20.1 Å². The quantitative estimate of drug-likeness (QED) is 0.758. The molecule has 0 atom stereocenters. The van der Waals surface area contributed by atoms with Crippen LogP contribution in [0.3, 0.4) is 0 Å². The average molecular weight is 431 g/mol. The molecule has 4 rings (SSSR count). The van der Waals surface area contributed by atoms with Gasteiger partial charge in [0, 0.05) is 29.5 Å². The normalized spacial score (nSPS) is 17.2. The Bertz CT molecular complexity index is 908. The molecule has 1 aromatic heterocycles. The predicted octanol–water partition coefficient (Wildman–Crippen LogP) is 2.90. The molecule has 1 aromatic carbocycles. The summed E-state index contributed by atoms with van der Waals surface area (Å²) in [5.41, 5.74) is 1.60. The van der Waals surface area contributed by atoms with E-state index in [1.807, 2.05) is 24.4 Å². The molecule has 0 spiro atoms. The van der Waals surface area contributed by atoms with Crippen molar-refractivity contribution in [3.05, 3.63) is 29.3 Å². The van der Waals surface area contributed by atoms with Crippen LogP contribution >= 0.6 is 11.3 Å². The number of piperidine rings is 1. The lowest BCUT2D eigenvalue weighted by atomic mass is 9.96. The SMILES string of the molecule is Cc1csc(NC(=O)C2CCN(CC(=O)Nc3ccc4c(c3)OCCCO4)CC2)n1. The molecule has 1 saturated heterocycles. The second kappa shape index (κ2) is 9.44. The number of nitrogens with zero attached hydrogens (tertiary/aromatic N) is 2. The third kappa shape index (κ3) is 5.28. The Balaban J connectivity index is 1.23. The van der Waals surface area contributed by atoms with Crippen molar-refractivity contribution in [2.45, 2.75) is 26.2 Å². The van der Waals surface area contributed by atoms with Gasteiger partial charge in [-0.05, 0) is 45.0 Å². The number of amides is 2. The third-order valence-electron chi connectivity index (χ3n) is 5.21. The zero-order valence-corrected chi connectivity index (χ0v) is 17.8. The number of rotatable bonds is 5. The average Bonchev–Trinajstić information content (AvgIpc) is 2.99. The molecule has 0 unspecified atom stereocenters. The number of likely N-dealkylation sites (tertiary alicyclic amines) is 1. The van der Waals surface area contributed by atoms with Gasteiger partial charge in [0.15, 0.2) is 16.6 Å². The molecule has 2 N–H and O–H groups in total. The first-order valence-corrected chi connectivity index (χ1v) is 11.1. The van der Waals surface area contributed by atoms with Crippen LogP contribution in [0.4, 0.5) is 10.8 Å². The number of anilines is 2. The van der Waals surface area contributed by atoms with Crippen LogP contribution in [-0.2, 0) is 9.59 Å². The van der Waals surface area contributed by atoms with E-state index in [0.29, 0.717) is 55.2 Å². The van der Waals surface area contributed by atoms with Crippen LogP contribution in [-0.4, -0.2) is 54.5 Å². The van der Waals surface area contributed by atoms with Gasteiger partial charge in [-0.15, -0.1) is 11.3 Å². The molecule has 0 radical (unpaired) electrons. The predicted molar refractivity (Wildman–Crippen MR) is 115 cm³/mol. The van der Waals surface area contributed by atoms with E-state index in [4.69, 9.17) is 9.47 Å². The molecule has 2 aromatic rings. The molecular weight excluding hydrogens is 404 g/mol. The lowest BCUT2D eigenvalue weighted by Crippen LogP contribution is -2.41. The summed E-state index contributed by atoms with van der Waals surface area (Å²) in [7, 11) is 0. The van der Waals surface area contributed by atoms with Crippen molar-refractivity contribution in [2.24, 2.45) is 5.92 Å². The van der Waals surface area contributed by atoms with Crippen molar-refractivity contribution in [1.82, 2.24) is 9.88 Å². The highest BCUT2D eigenvalue weighted by molar-refractivity contribution is 7.13. The summed E-state index contributed by atoms with van der Waals surface area (Å²) in [4.78, 5) is 31.2. The molecule has 2 aliphatic heterocycles. The van der Waals surface area contributed by atoms with Crippen LogP contribution in [0.2, 0.25) is 0 Å². The Morgan fingerprint density at radius 3 is 2.67 bits per heavy atom. The molecule has 9 heteroatoms. The summed E-state index contributed by atoms with van der Waals surface area (Å²) in [6.07, 6.45) is 2.30. The Hall–Kier alpha value is -2.65. The van der Waals surface area contributed by atoms with E-state index in [-0.39, 0.29) is 17.7 Å². The van der Waals surface area contributed by atoms with E-state index in [0.717, 1.165) is 25.0 Å². The second-order valence-electron chi connectivity index (χ2n) is 7.59. The van der Waals surface area contributed by atoms with Gasteiger partial charge < -0.3 is 20.1 Å². The van der Waals surface area contributed by atoms with Crippen LogP contribution in [0.1, 0.15) is 25.0 Å².